The first-order valence-electron chi connectivity index (χ1n) is 24.7. The summed E-state index contributed by atoms with van der Waals surface area (Å²) in [6.07, 6.45) is 56.0. The van der Waals surface area contributed by atoms with E-state index in [9.17, 15) is 4.79 Å². The third-order valence-electron chi connectivity index (χ3n) is 11.6. The van der Waals surface area contributed by atoms with Crippen LogP contribution >= 0.6 is 0 Å². The smallest absolute Gasteiger partial charge is 0.303 e. The standard InChI is InChI=1S/C32H68N.C18H34O2/c1-5-9-13-17-21-25-29-33(30-26-22-18-14-10-6-2,31-27-23-19-15-11-7-3)32-28-24-20-16-12-8-4;1-2-3-4-5-6-7-8-9-10-11-12-13-14-15-16-17-18(19)20/h5-32H2,1-4H3;9-10H,2-8,11-17H2,1H3,(H,19,20)/q+1;/b;10-9-. The van der Waals surface area contributed by atoms with Crippen LogP contribution in [0.25, 0.3) is 0 Å². The lowest BCUT2D eigenvalue weighted by atomic mass is 10.0. The highest BCUT2D eigenvalue weighted by Gasteiger charge is 2.25. The van der Waals surface area contributed by atoms with Gasteiger partial charge in [-0.15, -0.1) is 0 Å². The van der Waals surface area contributed by atoms with Crippen molar-refractivity contribution in [1.29, 1.82) is 0 Å². The van der Waals surface area contributed by atoms with E-state index >= 15 is 0 Å². The van der Waals surface area contributed by atoms with E-state index in [4.69, 9.17) is 5.11 Å². The molecule has 1 N–H and O–H groups in total. The monoisotopic (exact) mass is 749 g/mol. The highest BCUT2D eigenvalue weighted by Crippen LogP contribution is 2.21. The lowest BCUT2D eigenvalue weighted by Crippen LogP contribution is -2.50. The van der Waals surface area contributed by atoms with Crippen LogP contribution in [-0.4, -0.2) is 41.7 Å². The molecule has 0 saturated carbocycles. The summed E-state index contributed by atoms with van der Waals surface area (Å²) in [6.45, 7) is 17.5. The number of quaternary nitrogens is 1. The number of carbonyl (C=O) groups is 1. The second-order valence-electron chi connectivity index (χ2n) is 17.0. The third kappa shape index (κ3) is 45.5. The first kappa shape index (κ1) is 54.3. The molecular formula is C50H102NO2+. The Kier molecular flexibility index (Phi) is 48.5. The van der Waals surface area contributed by atoms with Gasteiger partial charge in [0.05, 0.1) is 26.2 Å². The summed E-state index contributed by atoms with van der Waals surface area (Å²) in [5.41, 5.74) is 0. The molecule has 0 unspecified atom stereocenters. The lowest BCUT2D eigenvalue weighted by molar-refractivity contribution is -0.929. The molecule has 0 amide bonds. The molecule has 3 nitrogen and oxygen atoms in total. The average molecular weight is 749 g/mol. The second kappa shape index (κ2) is 47.3. The summed E-state index contributed by atoms with van der Waals surface area (Å²) in [5, 5.41) is 8.51. The fourth-order valence-electron chi connectivity index (χ4n) is 7.93. The molecule has 0 rings (SSSR count). The Morgan fingerprint density at radius 1 is 0.340 bits per heavy atom. The molecule has 53 heavy (non-hydrogen) atoms. The van der Waals surface area contributed by atoms with Crippen LogP contribution in [0.1, 0.15) is 279 Å². The van der Waals surface area contributed by atoms with Crippen molar-refractivity contribution in [2.75, 3.05) is 26.2 Å². The first-order valence-corrected chi connectivity index (χ1v) is 24.7. The van der Waals surface area contributed by atoms with Gasteiger partial charge in [0.25, 0.3) is 0 Å². The Balaban J connectivity index is 0. The van der Waals surface area contributed by atoms with Gasteiger partial charge in [-0.2, -0.15) is 0 Å². The van der Waals surface area contributed by atoms with Gasteiger partial charge in [-0.25, -0.2) is 0 Å². The van der Waals surface area contributed by atoms with Crippen LogP contribution in [0.15, 0.2) is 12.2 Å². The molecule has 0 aliphatic heterocycles. The number of allylic oxidation sites excluding steroid dienone is 2. The maximum Gasteiger partial charge on any atom is 0.303 e. The summed E-state index contributed by atoms with van der Waals surface area (Å²) in [4.78, 5) is 10.3. The molecule has 0 aromatic heterocycles. The molecule has 0 aliphatic rings. The summed E-state index contributed by atoms with van der Waals surface area (Å²) >= 11 is 0. The predicted octanol–water partition coefficient (Wildman–Crippen LogP) is 17.4. The number of nitrogens with zero attached hydrogens (tertiary/aromatic N) is 1. The van der Waals surface area contributed by atoms with Gasteiger partial charge in [-0.1, -0.05) is 201 Å². The number of hydrogen-bond acceptors (Lipinski definition) is 1. The molecule has 318 valence electrons. The van der Waals surface area contributed by atoms with E-state index in [0.29, 0.717) is 6.42 Å². The Hall–Kier alpha value is -0.830. The number of rotatable bonds is 43. The molecule has 0 fully saturated rings. The predicted molar refractivity (Wildman–Crippen MR) is 240 cm³/mol. The number of carboxylic acids is 1. The Morgan fingerprint density at radius 2 is 0.566 bits per heavy atom. The minimum Gasteiger partial charge on any atom is -0.481 e. The largest absolute Gasteiger partial charge is 0.481 e. The van der Waals surface area contributed by atoms with Gasteiger partial charge in [0.2, 0.25) is 0 Å². The Labute approximate surface area is 336 Å². The zero-order chi connectivity index (χ0) is 39.2. The van der Waals surface area contributed by atoms with E-state index in [1.165, 1.54) is 255 Å². The number of hydrogen-bond donors (Lipinski definition) is 1. The number of unbranched alkanes of at least 4 members (excludes halogenated alkanes) is 31. The SMILES string of the molecule is CCCCCCCC/C=C\CCCCCCCC(=O)O.CCCCCCCC[N+](CCCCCCCC)(CCCCCCCC)CCCCCCCC. The highest BCUT2D eigenvalue weighted by molar-refractivity contribution is 5.66. The van der Waals surface area contributed by atoms with Crippen molar-refractivity contribution in [3.8, 4) is 0 Å². The molecule has 0 saturated heterocycles. The van der Waals surface area contributed by atoms with Crippen molar-refractivity contribution in [2.45, 2.75) is 279 Å². The van der Waals surface area contributed by atoms with Gasteiger partial charge >= 0.3 is 5.97 Å². The maximum atomic E-state index is 10.3. The van der Waals surface area contributed by atoms with Crippen LogP contribution in [0.3, 0.4) is 0 Å². The van der Waals surface area contributed by atoms with E-state index in [-0.39, 0.29) is 0 Å². The molecule has 0 aromatic rings. The highest BCUT2D eigenvalue weighted by atomic mass is 16.4. The molecule has 0 spiro atoms. The minimum absolute atomic E-state index is 0.332. The van der Waals surface area contributed by atoms with Gasteiger partial charge in [0.15, 0.2) is 0 Å². The van der Waals surface area contributed by atoms with Gasteiger partial charge < -0.3 is 9.59 Å². The van der Waals surface area contributed by atoms with Crippen molar-refractivity contribution < 1.29 is 14.4 Å². The van der Waals surface area contributed by atoms with Gasteiger partial charge in [0, 0.05) is 6.42 Å². The molecule has 0 aliphatic carbocycles. The van der Waals surface area contributed by atoms with E-state index < -0.39 is 5.97 Å². The van der Waals surface area contributed by atoms with Crippen molar-refractivity contribution in [1.82, 2.24) is 0 Å². The van der Waals surface area contributed by atoms with Crippen LogP contribution in [0.5, 0.6) is 0 Å². The van der Waals surface area contributed by atoms with Crippen molar-refractivity contribution >= 4 is 5.97 Å². The first-order chi connectivity index (χ1) is 26.0. The molecule has 0 bridgehead atoms. The summed E-state index contributed by atoms with van der Waals surface area (Å²) in [7, 11) is 0. The van der Waals surface area contributed by atoms with Crippen LogP contribution in [0.4, 0.5) is 0 Å². The zero-order valence-corrected chi connectivity index (χ0v) is 37.7. The zero-order valence-electron chi connectivity index (χ0n) is 37.7. The Bertz CT molecular complexity index is 634. The topological polar surface area (TPSA) is 37.3 Å². The van der Waals surface area contributed by atoms with E-state index in [2.05, 4.69) is 46.8 Å². The maximum absolute atomic E-state index is 10.3. The van der Waals surface area contributed by atoms with E-state index in [1.54, 1.807) is 0 Å². The fourth-order valence-corrected chi connectivity index (χ4v) is 7.93. The van der Waals surface area contributed by atoms with Crippen molar-refractivity contribution in [3.63, 3.8) is 0 Å². The lowest BCUT2D eigenvalue weighted by Gasteiger charge is -2.40. The number of carboxylic acid groups (broad SMARTS) is 1. The molecule has 0 aromatic carbocycles. The van der Waals surface area contributed by atoms with E-state index in [1.807, 2.05) is 0 Å². The van der Waals surface area contributed by atoms with Crippen LogP contribution in [0.2, 0.25) is 0 Å². The van der Waals surface area contributed by atoms with Crippen molar-refractivity contribution in [3.05, 3.63) is 12.2 Å². The molecule has 0 heterocycles. The van der Waals surface area contributed by atoms with Gasteiger partial charge in [-0.05, 0) is 83.5 Å². The van der Waals surface area contributed by atoms with Crippen LogP contribution in [-0.2, 0) is 4.79 Å². The van der Waals surface area contributed by atoms with Gasteiger partial charge in [-0.3, -0.25) is 4.79 Å². The number of aliphatic carboxylic acids is 1. The molecular weight excluding hydrogens is 647 g/mol. The van der Waals surface area contributed by atoms with Crippen molar-refractivity contribution in [2.24, 2.45) is 0 Å². The van der Waals surface area contributed by atoms with Crippen LogP contribution in [0, 0.1) is 0 Å². The minimum atomic E-state index is -0.664. The third-order valence-corrected chi connectivity index (χ3v) is 11.6. The normalized spacial score (nSPS) is 11.7. The molecule has 0 atom stereocenters. The fraction of sp³-hybridized carbons (Fsp3) is 0.940. The quantitative estimate of drug-likeness (QED) is 0.0383. The summed E-state index contributed by atoms with van der Waals surface area (Å²) in [6, 6.07) is 0. The van der Waals surface area contributed by atoms with Gasteiger partial charge in [0.1, 0.15) is 0 Å². The summed E-state index contributed by atoms with van der Waals surface area (Å²) < 4.78 is 1.48. The second-order valence-corrected chi connectivity index (χ2v) is 17.0. The summed E-state index contributed by atoms with van der Waals surface area (Å²) in [5.74, 6) is -0.664. The van der Waals surface area contributed by atoms with E-state index in [0.717, 1.165) is 12.8 Å². The van der Waals surface area contributed by atoms with Crippen LogP contribution < -0.4 is 0 Å². The average Bonchev–Trinajstić information content (AvgIpc) is 3.15. The molecule has 3 heteroatoms. The Morgan fingerprint density at radius 3 is 0.830 bits per heavy atom. The molecule has 0 radical (unpaired) electrons.